The molecular formula is C56H37N3. The van der Waals surface area contributed by atoms with Crippen molar-refractivity contribution in [3.05, 3.63) is 212 Å². The molecule has 0 unspecified atom stereocenters. The maximum atomic E-state index is 5.48. The fourth-order valence-electron chi connectivity index (χ4n) is 9.69. The Hall–Kier alpha value is -7.75. The van der Waals surface area contributed by atoms with E-state index in [1.165, 1.54) is 76.1 Å². The summed E-state index contributed by atoms with van der Waals surface area (Å²) in [6.45, 7) is 6.87. The molecule has 0 fully saturated rings. The van der Waals surface area contributed by atoms with Crippen molar-refractivity contribution in [2.75, 3.05) is 4.90 Å². The van der Waals surface area contributed by atoms with Gasteiger partial charge in [-0.25, -0.2) is 4.99 Å². The topological polar surface area (TPSA) is 20.5 Å². The Morgan fingerprint density at radius 2 is 0.983 bits per heavy atom. The molecule has 12 rings (SSSR count). The van der Waals surface area contributed by atoms with Gasteiger partial charge in [-0.15, -0.1) is 0 Å². The van der Waals surface area contributed by atoms with Crippen molar-refractivity contribution in [1.82, 2.24) is 4.57 Å². The fourth-order valence-corrected chi connectivity index (χ4v) is 9.69. The van der Waals surface area contributed by atoms with Crippen LogP contribution in [0.5, 0.6) is 0 Å². The third-order valence-electron chi connectivity index (χ3n) is 12.4. The van der Waals surface area contributed by atoms with E-state index in [0.717, 1.165) is 45.2 Å². The first-order valence-electron chi connectivity index (χ1n) is 20.2. The lowest BCUT2D eigenvalue weighted by molar-refractivity contribution is 1.14. The molecule has 1 aliphatic heterocycles. The monoisotopic (exact) mass is 751 g/mol. The second-order valence-corrected chi connectivity index (χ2v) is 15.6. The van der Waals surface area contributed by atoms with E-state index in [1.807, 2.05) is 0 Å². The van der Waals surface area contributed by atoms with Gasteiger partial charge in [-0.05, 0) is 114 Å². The zero-order chi connectivity index (χ0) is 39.2. The van der Waals surface area contributed by atoms with Crippen LogP contribution in [0.3, 0.4) is 0 Å². The summed E-state index contributed by atoms with van der Waals surface area (Å²) in [5, 5.41) is 12.2. The molecule has 0 bridgehead atoms. The number of aromatic nitrogens is 1. The van der Waals surface area contributed by atoms with Gasteiger partial charge in [0.15, 0.2) is 0 Å². The largest absolute Gasteiger partial charge is 0.280 e. The lowest BCUT2D eigenvalue weighted by atomic mass is 9.85. The minimum Gasteiger partial charge on any atom is -0.280 e. The molecule has 0 saturated carbocycles. The van der Waals surface area contributed by atoms with Crippen molar-refractivity contribution >= 4 is 87.9 Å². The molecule has 0 aliphatic carbocycles. The maximum Gasteiger partial charge on any atom is 0.220 e. The number of hydrogen-bond acceptors (Lipinski definition) is 2. The van der Waals surface area contributed by atoms with E-state index in [4.69, 9.17) is 11.6 Å². The molecule has 0 saturated heterocycles. The summed E-state index contributed by atoms with van der Waals surface area (Å²) in [6.07, 6.45) is 0. The first-order valence-corrected chi connectivity index (χ1v) is 20.2. The smallest absolute Gasteiger partial charge is 0.220 e. The normalized spacial score (nSPS) is 12.9. The third kappa shape index (κ3) is 4.98. The number of hydrogen-bond donors (Lipinski definition) is 0. The molecule has 0 atom stereocenters. The van der Waals surface area contributed by atoms with Gasteiger partial charge < -0.3 is 0 Å². The second kappa shape index (κ2) is 12.9. The average molecular weight is 752 g/mol. The zero-order valence-corrected chi connectivity index (χ0v) is 32.5. The fraction of sp³-hybridized carbons (Fsp3) is 0.0179. The lowest BCUT2D eigenvalue weighted by Gasteiger charge is -2.34. The highest BCUT2D eigenvalue weighted by Crippen LogP contribution is 2.47. The first-order chi connectivity index (χ1) is 29.1. The second-order valence-electron chi connectivity index (χ2n) is 15.6. The summed E-state index contributed by atoms with van der Waals surface area (Å²) in [4.78, 5) is 7.72. The van der Waals surface area contributed by atoms with Gasteiger partial charge in [-0.3, -0.25) is 9.47 Å². The van der Waals surface area contributed by atoms with Crippen molar-refractivity contribution < 1.29 is 0 Å². The van der Waals surface area contributed by atoms with Crippen LogP contribution in [0.1, 0.15) is 11.1 Å². The molecule has 1 aromatic heterocycles. The Morgan fingerprint density at radius 1 is 0.441 bits per heavy atom. The van der Waals surface area contributed by atoms with Gasteiger partial charge in [0.1, 0.15) is 0 Å². The molecule has 10 aromatic carbocycles. The van der Waals surface area contributed by atoms with Gasteiger partial charge in [-0.1, -0.05) is 164 Å². The van der Waals surface area contributed by atoms with Crippen LogP contribution in [0.25, 0.3) is 92.8 Å². The van der Waals surface area contributed by atoms with E-state index in [1.54, 1.807) is 0 Å². The van der Waals surface area contributed by atoms with E-state index in [2.05, 4.69) is 211 Å². The molecule has 0 amide bonds. The number of para-hydroxylation sites is 2. The number of fused-ring (bicyclic) bond motifs is 9. The highest BCUT2D eigenvalue weighted by molar-refractivity contribution is 6.28. The maximum absolute atomic E-state index is 5.48. The predicted octanol–water partition coefficient (Wildman–Crippen LogP) is 15.1. The van der Waals surface area contributed by atoms with Crippen LogP contribution in [0, 0.1) is 6.92 Å². The molecule has 59 heavy (non-hydrogen) atoms. The molecule has 3 nitrogen and oxygen atoms in total. The van der Waals surface area contributed by atoms with Crippen LogP contribution in [0.15, 0.2) is 206 Å². The van der Waals surface area contributed by atoms with E-state index < -0.39 is 0 Å². The molecule has 3 heteroatoms. The quantitative estimate of drug-likeness (QED) is 0.165. The number of rotatable bonds is 3. The highest BCUT2D eigenvalue weighted by Gasteiger charge is 2.30. The van der Waals surface area contributed by atoms with Crippen molar-refractivity contribution in [3.63, 3.8) is 0 Å². The molecule has 0 spiro atoms. The van der Waals surface area contributed by atoms with E-state index in [9.17, 15) is 0 Å². The van der Waals surface area contributed by atoms with Gasteiger partial charge in [0.25, 0.3) is 0 Å². The van der Waals surface area contributed by atoms with Crippen molar-refractivity contribution in [2.45, 2.75) is 6.92 Å². The van der Waals surface area contributed by atoms with Crippen LogP contribution < -0.4 is 4.90 Å². The van der Waals surface area contributed by atoms with E-state index in [0.29, 0.717) is 0 Å². The zero-order valence-electron chi connectivity index (χ0n) is 32.5. The van der Waals surface area contributed by atoms with Crippen LogP contribution in [-0.4, -0.2) is 10.5 Å². The summed E-state index contributed by atoms with van der Waals surface area (Å²) in [5.74, 6) is 0.807. The van der Waals surface area contributed by atoms with Crippen LogP contribution in [-0.2, 0) is 0 Å². The summed E-state index contributed by atoms with van der Waals surface area (Å²) < 4.78 is 2.35. The van der Waals surface area contributed by atoms with Gasteiger partial charge in [-0.2, -0.15) is 0 Å². The first kappa shape index (κ1) is 33.4. The SMILES string of the molecule is C=C1c2ccccc2N=C(n2c3ccc(-c4c5ccccc5c(-c5ccc6ccccc6c5)c5ccccc45)cc3c3c4ccccc4ccc32)N1c1ccccc1C. The summed E-state index contributed by atoms with van der Waals surface area (Å²) >= 11 is 0. The van der Waals surface area contributed by atoms with Crippen LogP contribution in [0.4, 0.5) is 11.4 Å². The molecule has 0 N–H and O–H groups in total. The number of aryl methyl sites for hydroxylation is 1. The summed E-state index contributed by atoms with van der Waals surface area (Å²) in [5.41, 5.74) is 12.1. The van der Waals surface area contributed by atoms with Gasteiger partial charge in [0.05, 0.1) is 28.1 Å². The van der Waals surface area contributed by atoms with E-state index >= 15 is 0 Å². The Labute approximate surface area is 342 Å². The number of aliphatic imine (C=N–C) groups is 1. The molecule has 1 aliphatic rings. The highest BCUT2D eigenvalue weighted by atomic mass is 15.3. The van der Waals surface area contributed by atoms with Crippen molar-refractivity contribution in [1.29, 1.82) is 0 Å². The minimum atomic E-state index is 0.807. The van der Waals surface area contributed by atoms with Crippen LogP contribution >= 0.6 is 0 Å². The Bertz CT molecular complexity index is 3550. The average Bonchev–Trinajstić information content (AvgIpc) is 3.62. The Kier molecular flexibility index (Phi) is 7.29. The standard InChI is InChI=1S/C56H37N3/c1-35-15-3-14-26-50(35)58-36(2)42-19-12-13-25-49(42)57-56(58)59-51-31-30-41(34-48(51)55-43-20-7-6-17-38(43)29-32-52(55)59)54-46-23-10-8-21-44(46)53(45-22-9-11-24-47(45)54)40-28-27-37-16-4-5-18-39(37)33-40/h3-34H,2H2,1H3. The van der Waals surface area contributed by atoms with E-state index in [-0.39, 0.29) is 0 Å². The predicted molar refractivity (Wildman–Crippen MR) is 252 cm³/mol. The van der Waals surface area contributed by atoms with Gasteiger partial charge >= 0.3 is 0 Å². The molecule has 11 aromatic rings. The van der Waals surface area contributed by atoms with Gasteiger partial charge in [0.2, 0.25) is 5.96 Å². The number of anilines is 1. The van der Waals surface area contributed by atoms with Crippen LogP contribution in [0.2, 0.25) is 0 Å². The Balaban J connectivity index is 1.17. The number of nitrogens with zero attached hydrogens (tertiary/aromatic N) is 3. The Morgan fingerprint density at radius 3 is 1.71 bits per heavy atom. The number of benzene rings is 10. The van der Waals surface area contributed by atoms with Crippen molar-refractivity contribution in [2.24, 2.45) is 4.99 Å². The summed E-state index contributed by atoms with van der Waals surface area (Å²) in [6, 6.07) is 70.5. The summed E-state index contributed by atoms with van der Waals surface area (Å²) in [7, 11) is 0. The molecular weight excluding hydrogens is 715 g/mol. The lowest BCUT2D eigenvalue weighted by Crippen LogP contribution is -2.36. The third-order valence-corrected chi connectivity index (χ3v) is 12.4. The minimum absolute atomic E-state index is 0.807. The van der Waals surface area contributed by atoms with Crippen molar-refractivity contribution in [3.8, 4) is 22.3 Å². The molecule has 0 radical (unpaired) electrons. The van der Waals surface area contributed by atoms with Gasteiger partial charge in [0, 0.05) is 16.3 Å². The molecule has 2 heterocycles. The molecule has 276 valence electrons.